The third kappa shape index (κ3) is 4.82. The van der Waals surface area contributed by atoms with Crippen molar-refractivity contribution >= 4 is 23.7 Å². The Bertz CT molecular complexity index is 743. The Morgan fingerprint density at radius 2 is 2.00 bits per heavy atom. The molecule has 3 rings (SSSR count). The van der Waals surface area contributed by atoms with Crippen LogP contribution in [0.2, 0.25) is 0 Å². The molecule has 0 unspecified atom stereocenters. The molecule has 2 N–H and O–H groups in total. The molecule has 0 spiro atoms. The van der Waals surface area contributed by atoms with Crippen molar-refractivity contribution in [2.24, 2.45) is 0 Å². The number of nitrogens with one attached hydrogen (secondary N) is 2. The molecule has 8 heteroatoms. The van der Waals surface area contributed by atoms with Crippen molar-refractivity contribution in [2.75, 3.05) is 5.75 Å². The fourth-order valence-corrected chi connectivity index (χ4v) is 3.27. The van der Waals surface area contributed by atoms with Gasteiger partial charge < -0.3 is 9.88 Å². The smallest absolute Gasteiger partial charge is 0.321 e. The molecule has 2 aromatic rings. The van der Waals surface area contributed by atoms with Gasteiger partial charge in [-0.05, 0) is 25.3 Å². The molecule has 3 amide bonds. The van der Waals surface area contributed by atoms with Crippen molar-refractivity contribution in [3.8, 4) is 0 Å². The summed E-state index contributed by atoms with van der Waals surface area (Å²) in [5, 5.41) is 14.1. The Labute approximate surface area is 150 Å². The van der Waals surface area contributed by atoms with E-state index in [4.69, 9.17) is 0 Å². The second-order valence-corrected chi connectivity index (χ2v) is 6.81. The fraction of sp³-hybridized carbons (Fsp3) is 0.412. The molecule has 1 heterocycles. The van der Waals surface area contributed by atoms with Crippen molar-refractivity contribution in [1.29, 1.82) is 0 Å². The number of hydrogen-bond acceptors (Lipinski definition) is 5. The largest absolute Gasteiger partial charge is 0.334 e. The van der Waals surface area contributed by atoms with Gasteiger partial charge in [0, 0.05) is 19.0 Å². The van der Waals surface area contributed by atoms with E-state index in [-0.39, 0.29) is 11.7 Å². The van der Waals surface area contributed by atoms with Crippen LogP contribution in [0, 0.1) is 0 Å². The Morgan fingerprint density at radius 3 is 2.68 bits per heavy atom. The van der Waals surface area contributed by atoms with E-state index in [1.807, 2.05) is 41.8 Å². The molecular formula is C17H21N5O2S. The number of hydrogen-bond donors (Lipinski definition) is 2. The van der Waals surface area contributed by atoms with Crippen LogP contribution in [-0.4, -0.2) is 32.5 Å². The Kier molecular flexibility index (Phi) is 5.70. The summed E-state index contributed by atoms with van der Waals surface area (Å²) < 4.78 is 2.05. The molecule has 25 heavy (non-hydrogen) atoms. The average molecular weight is 359 g/mol. The summed E-state index contributed by atoms with van der Waals surface area (Å²) in [6.07, 6.45) is 2.32. The van der Waals surface area contributed by atoms with Crippen LogP contribution in [0.1, 0.15) is 37.1 Å². The predicted octanol–water partition coefficient (Wildman–Crippen LogP) is 2.29. The number of nitrogens with zero attached hydrogens (tertiary/aromatic N) is 3. The lowest BCUT2D eigenvalue weighted by molar-refractivity contribution is -0.117. The second kappa shape index (κ2) is 8.15. The summed E-state index contributed by atoms with van der Waals surface area (Å²) in [5.74, 6) is 1.29. The lowest BCUT2D eigenvalue weighted by Gasteiger charge is -2.08. The number of thioether (sulfide) groups is 1. The van der Waals surface area contributed by atoms with E-state index >= 15 is 0 Å². The van der Waals surface area contributed by atoms with E-state index < -0.39 is 6.03 Å². The Balaban J connectivity index is 1.44. The lowest BCUT2D eigenvalue weighted by atomic mass is 10.2. The third-order valence-corrected chi connectivity index (χ3v) is 4.85. The molecule has 0 atom stereocenters. The zero-order valence-corrected chi connectivity index (χ0v) is 14.9. The number of carbonyl (C=O) groups is 2. The molecule has 1 aromatic carbocycles. The van der Waals surface area contributed by atoms with Gasteiger partial charge in [0.05, 0.1) is 5.75 Å². The SMILES string of the molecule is CCn1c(SCC(=O)NC(=O)NCc2ccccc2)nnc1C1CC1. The first kappa shape index (κ1) is 17.5. The molecule has 132 valence electrons. The normalized spacial score (nSPS) is 13.5. The van der Waals surface area contributed by atoms with Crippen molar-refractivity contribution in [3.63, 3.8) is 0 Å². The Hall–Kier alpha value is -2.35. The fourth-order valence-electron chi connectivity index (χ4n) is 2.46. The molecule has 1 saturated carbocycles. The van der Waals surface area contributed by atoms with Gasteiger partial charge in [0.25, 0.3) is 0 Å². The highest BCUT2D eigenvalue weighted by Crippen LogP contribution is 2.39. The minimum Gasteiger partial charge on any atom is -0.334 e. The molecule has 0 radical (unpaired) electrons. The predicted molar refractivity (Wildman–Crippen MR) is 95.2 cm³/mol. The first-order valence-corrected chi connectivity index (χ1v) is 9.33. The molecule has 0 saturated heterocycles. The summed E-state index contributed by atoms with van der Waals surface area (Å²) >= 11 is 1.30. The first-order chi connectivity index (χ1) is 12.2. The maximum atomic E-state index is 11.9. The summed E-state index contributed by atoms with van der Waals surface area (Å²) in [5.41, 5.74) is 0.975. The van der Waals surface area contributed by atoms with Crippen LogP contribution < -0.4 is 10.6 Å². The monoisotopic (exact) mass is 359 g/mol. The summed E-state index contributed by atoms with van der Waals surface area (Å²) in [4.78, 5) is 23.7. The second-order valence-electron chi connectivity index (χ2n) is 5.86. The molecule has 1 fully saturated rings. The highest BCUT2D eigenvalue weighted by molar-refractivity contribution is 7.99. The van der Waals surface area contributed by atoms with Crippen LogP contribution in [0.4, 0.5) is 4.79 Å². The van der Waals surface area contributed by atoms with Crippen molar-refractivity contribution in [2.45, 2.75) is 43.9 Å². The summed E-state index contributed by atoms with van der Waals surface area (Å²) in [7, 11) is 0. The van der Waals surface area contributed by atoms with E-state index in [0.29, 0.717) is 12.5 Å². The highest BCUT2D eigenvalue weighted by atomic mass is 32.2. The van der Waals surface area contributed by atoms with E-state index in [1.165, 1.54) is 11.8 Å². The van der Waals surface area contributed by atoms with Gasteiger partial charge in [-0.25, -0.2) is 4.79 Å². The van der Waals surface area contributed by atoms with Gasteiger partial charge in [-0.2, -0.15) is 0 Å². The minimum atomic E-state index is -0.495. The van der Waals surface area contributed by atoms with Crippen LogP contribution in [0.5, 0.6) is 0 Å². The first-order valence-electron chi connectivity index (χ1n) is 8.35. The molecule has 1 aliphatic rings. The maximum Gasteiger partial charge on any atom is 0.321 e. The van der Waals surface area contributed by atoms with Gasteiger partial charge in [-0.3, -0.25) is 10.1 Å². The van der Waals surface area contributed by atoms with E-state index in [0.717, 1.165) is 35.9 Å². The summed E-state index contributed by atoms with van der Waals surface area (Å²) in [6.45, 7) is 3.19. The van der Waals surface area contributed by atoms with Gasteiger partial charge in [0.1, 0.15) is 5.82 Å². The van der Waals surface area contributed by atoms with Crippen LogP contribution in [0.25, 0.3) is 0 Å². The van der Waals surface area contributed by atoms with Crippen LogP contribution in [0.3, 0.4) is 0 Å². The van der Waals surface area contributed by atoms with Crippen molar-refractivity contribution in [1.82, 2.24) is 25.4 Å². The van der Waals surface area contributed by atoms with Gasteiger partial charge in [-0.1, -0.05) is 42.1 Å². The number of rotatable bonds is 7. The van der Waals surface area contributed by atoms with Gasteiger partial charge in [0.15, 0.2) is 5.16 Å². The van der Waals surface area contributed by atoms with Crippen molar-refractivity contribution in [3.05, 3.63) is 41.7 Å². The zero-order valence-electron chi connectivity index (χ0n) is 14.1. The molecule has 7 nitrogen and oxygen atoms in total. The number of aromatic nitrogens is 3. The van der Waals surface area contributed by atoms with Crippen LogP contribution in [0.15, 0.2) is 35.5 Å². The van der Waals surface area contributed by atoms with Crippen LogP contribution >= 0.6 is 11.8 Å². The number of carbonyl (C=O) groups excluding carboxylic acids is 2. The number of imide groups is 1. The number of urea groups is 1. The molecule has 0 bridgehead atoms. The van der Waals surface area contributed by atoms with Gasteiger partial charge in [-0.15, -0.1) is 10.2 Å². The van der Waals surface area contributed by atoms with Crippen molar-refractivity contribution < 1.29 is 9.59 Å². The minimum absolute atomic E-state index is 0.127. The molecule has 1 aliphatic carbocycles. The molecular weight excluding hydrogens is 338 g/mol. The standard InChI is InChI=1S/C17H21N5O2S/c1-2-22-15(13-8-9-13)20-21-17(22)25-11-14(23)19-16(24)18-10-12-6-4-3-5-7-12/h3-7,13H,2,8-11H2,1H3,(H2,18,19,23,24). The number of amides is 3. The quantitative estimate of drug-likeness (QED) is 0.741. The molecule has 1 aromatic heterocycles. The number of benzene rings is 1. The lowest BCUT2D eigenvalue weighted by Crippen LogP contribution is -2.40. The highest BCUT2D eigenvalue weighted by Gasteiger charge is 2.30. The average Bonchev–Trinajstić information content (AvgIpc) is 3.39. The maximum absolute atomic E-state index is 11.9. The van der Waals surface area contributed by atoms with E-state index in [1.54, 1.807) is 0 Å². The topological polar surface area (TPSA) is 88.9 Å². The zero-order chi connectivity index (χ0) is 17.6. The molecule has 0 aliphatic heterocycles. The van der Waals surface area contributed by atoms with E-state index in [9.17, 15) is 9.59 Å². The Morgan fingerprint density at radius 1 is 1.24 bits per heavy atom. The summed E-state index contributed by atoms with van der Waals surface area (Å²) in [6, 6.07) is 9.03. The van der Waals surface area contributed by atoms with E-state index in [2.05, 4.69) is 20.8 Å². The van der Waals surface area contributed by atoms with Gasteiger partial charge >= 0.3 is 6.03 Å². The third-order valence-electron chi connectivity index (χ3n) is 3.89. The van der Waals surface area contributed by atoms with Gasteiger partial charge in [0.2, 0.25) is 5.91 Å². The van der Waals surface area contributed by atoms with Crippen LogP contribution in [-0.2, 0) is 17.9 Å².